The van der Waals surface area contributed by atoms with Crippen molar-refractivity contribution >= 4 is 31.4 Å². The van der Waals surface area contributed by atoms with Crippen molar-refractivity contribution in [2.24, 2.45) is 0 Å². The first-order chi connectivity index (χ1) is 12.4. The fraction of sp³-hybridized carbons (Fsp3) is 0.389. The third-order valence-electron chi connectivity index (χ3n) is 3.99. The molecule has 0 aliphatic carbocycles. The highest BCUT2D eigenvalue weighted by molar-refractivity contribution is 7.94. The fourth-order valence-electron chi connectivity index (χ4n) is 2.51. The Hall–Kier alpha value is -1.90. The van der Waals surface area contributed by atoms with Crippen molar-refractivity contribution in [3.05, 3.63) is 48.0 Å². The second kappa shape index (κ2) is 7.77. The largest absolute Gasteiger partial charge is 0.369 e. The second-order valence-electron chi connectivity index (χ2n) is 6.11. The van der Waals surface area contributed by atoms with Crippen LogP contribution in [-0.4, -0.2) is 35.2 Å². The van der Waals surface area contributed by atoms with E-state index in [9.17, 15) is 8.42 Å². The lowest BCUT2D eigenvalue weighted by molar-refractivity contribution is 0.0465. The van der Waals surface area contributed by atoms with Gasteiger partial charge in [0, 0.05) is 19.0 Å². The van der Waals surface area contributed by atoms with Gasteiger partial charge in [-0.3, -0.25) is 0 Å². The maximum Gasteiger partial charge on any atom is 0.210 e. The van der Waals surface area contributed by atoms with Gasteiger partial charge in [0.2, 0.25) is 14.2 Å². The van der Waals surface area contributed by atoms with E-state index in [1.807, 2.05) is 38.1 Å². The summed E-state index contributed by atoms with van der Waals surface area (Å²) in [4.78, 5) is 12.9. The molecule has 6 nitrogen and oxygen atoms in total. The average Bonchev–Trinajstić information content (AvgIpc) is 3.08. The summed E-state index contributed by atoms with van der Waals surface area (Å²) in [5, 5.41) is -0.850. The standard InChI is InChI=1S/C18H21N3O3S2/c1-4-9-24-16(17-19-10-12(2)11-20-17)13(3)26(22,23)18-21-14-7-5-6-8-15(14)25-18/h5-8,10-11,13,16H,4,9H2,1-3H3/t13-,16+/m1/s1. The zero-order valence-corrected chi connectivity index (χ0v) is 16.5. The summed E-state index contributed by atoms with van der Waals surface area (Å²) in [6.45, 7) is 5.92. The molecule has 138 valence electrons. The number of aryl methyl sites for hydroxylation is 1. The van der Waals surface area contributed by atoms with E-state index < -0.39 is 21.2 Å². The van der Waals surface area contributed by atoms with E-state index in [0.29, 0.717) is 17.9 Å². The summed E-state index contributed by atoms with van der Waals surface area (Å²) in [6, 6.07) is 7.39. The quantitative estimate of drug-likeness (QED) is 0.610. The van der Waals surface area contributed by atoms with Crippen LogP contribution in [-0.2, 0) is 14.6 Å². The number of aromatic nitrogens is 3. The molecule has 3 rings (SSSR count). The van der Waals surface area contributed by atoms with Crippen LogP contribution in [0.2, 0.25) is 0 Å². The number of benzene rings is 1. The number of sulfone groups is 1. The molecule has 0 unspecified atom stereocenters. The Morgan fingerprint density at radius 3 is 2.54 bits per heavy atom. The van der Waals surface area contributed by atoms with Crippen molar-refractivity contribution < 1.29 is 13.2 Å². The normalized spacial score (nSPS) is 14.4. The van der Waals surface area contributed by atoms with Crippen molar-refractivity contribution in [3.63, 3.8) is 0 Å². The predicted octanol–water partition coefficient (Wildman–Crippen LogP) is 3.72. The van der Waals surface area contributed by atoms with Crippen LogP contribution in [0.1, 0.15) is 37.8 Å². The highest BCUT2D eigenvalue weighted by Crippen LogP contribution is 2.32. The van der Waals surface area contributed by atoms with Crippen molar-refractivity contribution in [2.45, 2.75) is 42.9 Å². The first-order valence-electron chi connectivity index (χ1n) is 8.43. The highest BCUT2D eigenvalue weighted by atomic mass is 32.2. The van der Waals surface area contributed by atoms with Gasteiger partial charge in [-0.2, -0.15) is 0 Å². The number of nitrogens with zero attached hydrogens (tertiary/aromatic N) is 3. The van der Waals surface area contributed by atoms with Crippen LogP contribution in [0.25, 0.3) is 10.2 Å². The minimum absolute atomic E-state index is 0.100. The summed E-state index contributed by atoms with van der Waals surface area (Å²) in [7, 11) is -3.69. The second-order valence-corrected chi connectivity index (χ2v) is 9.62. The first kappa shape index (κ1) is 18.9. The van der Waals surface area contributed by atoms with E-state index in [4.69, 9.17) is 4.74 Å². The smallest absolute Gasteiger partial charge is 0.210 e. The Morgan fingerprint density at radius 2 is 1.88 bits per heavy atom. The maximum atomic E-state index is 13.2. The molecule has 0 amide bonds. The van der Waals surface area contributed by atoms with E-state index in [0.717, 1.165) is 16.7 Å². The van der Waals surface area contributed by atoms with Gasteiger partial charge in [-0.1, -0.05) is 19.1 Å². The number of hydrogen-bond acceptors (Lipinski definition) is 7. The monoisotopic (exact) mass is 391 g/mol. The summed E-state index contributed by atoms with van der Waals surface area (Å²) in [5.41, 5.74) is 1.59. The van der Waals surface area contributed by atoms with Gasteiger partial charge in [-0.25, -0.2) is 23.4 Å². The fourth-order valence-corrected chi connectivity index (χ4v) is 5.46. The maximum absolute atomic E-state index is 13.2. The van der Waals surface area contributed by atoms with Crippen molar-refractivity contribution in [1.29, 1.82) is 0 Å². The van der Waals surface area contributed by atoms with Gasteiger partial charge in [-0.05, 0) is 38.0 Å². The van der Waals surface area contributed by atoms with Gasteiger partial charge in [0.1, 0.15) is 6.10 Å². The topological polar surface area (TPSA) is 82.0 Å². The van der Waals surface area contributed by atoms with Crippen LogP contribution >= 0.6 is 11.3 Å². The molecule has 0 saturated carbocycles. The number of ether oxygens (including phenoxy) is 1. The molecule has 26 heavy (non-hydrogen) atoms. The lowest BCUT2D eigenvalue weighted by atomic mass is 10.2. The van der Waals surface area contributed by atoms with Crippen LogP contribution < -0.4 is 0 Å². The predicted molar refractivity (Wildman–Crippen MR) is 102 cm³/mol. The summed E-state index contributed by atoms with van der Waals surface area (Å²) >= 11 is 1.18. The number of hydrogen-bond donors (Lipinski definition) is 0. The van der Waals surface area contributed by atoms with Gasteiger partial charge in [0.05, 0.1) is 15.5 Å². The molecule has 0 radical (unpaired) electrons. The van der Waals surface area contributed by atoms with E-state index >= 15 is 0 Å². The Labute approximate surface area is 157 Å². The molecule has 8 heteroatoms. The lowest BCUT2D eigenvalue weighted by Crippen LogP contribution is -2.29. The minimum atomic E-state index is -3.69. The lowest BCUT2D eigenvalue weighted by Gasteiger charge is -2.22. The van der Waals surface area contributed by atoms with Crippen LogP contribution in [0.4, 0.5) is 0 Å². The highest BCUT2D eigenvalue weighted by Gasteiger charge is 2.36. The van der Waals surface area contributed by atoms with E-state index in [-0.39, 0.29) is 4.34 Å². The molecular formula is C18H21N3O3S2. The molecule has 1 aromatic carbocycles. The van der Waals surface area contributed by atoms with E-state index in [1.165, 1.54) is 11.3 Å². The molecular weight excluding hydrogens is 370 g/mol. The molecule has 2 atom stereocenters. The minimum Gasteiger partial charge on any atom is -0.369 e. The molecule has 3 aromatic rings. The Bertz CT molecular complexity index is 951. The van der Waals surface area contributed by atoms with Crippen molar-refractivity contribution in [1.82, 2.24) is 15.0 Å². The molecule has 0 spiro atoms. The number of thiazole rings is 1. The van der Waals surface area contributed by atoms with Gasteiger partial charge in [0.25, 0.3) is 0 Å². The van der Waals surface area contributed by atoms with Crippen LogP contribution in [0.15, 0.2) is 41.0 Å². The Balaban J connectivity index is 1.98. The third-order valence-corrected chi connectivity index (χ3v) is 7.57. The van der Waals surface area contributed by atoms with E-state index in [1.54, 1.807) is 19.3 Å². The third kappa shape index (κ3) is 3.77. The van der Waals surface area contributed by atoms with Gasteiger partial charge in [-0.15, -0.1) is 11.3 Å². The molecule has 2 aromatic heterocycles. The van der Waals surface area contributed by atoms with Gasteiger partial charge in [0.15, 0.2) is 5.82 Å². The summed E-state index contributed by atoms with van der Waals surface area (Å²) in [5.74, 6) is 0.376. The molecule has 0 aliphatic rings. The summed E-state index contributed by atoms with van der Waals surface area (Å²) < 4.78 is 33.1. The Morgan fingerprint density at radius 1 is 1.19 bits per heavy atom. The van der Waals surface area contributed by atoms with Crippen molar-refractivity contribution in [2.75, 3.05) is 6.61 Å². The molecule has 0 aliphatic heterocycles. The zero-order chi connectivity index (χ0) is 18.7. The average molecular weight is 392 g/mol. The molecule has 0 fully saturated rings. The SMILES string of the molecule is CCCO[C@H](c1ncc(C)cn1)[C@@H](C)S(=O)(=O)c1nc2ccccc2s1. The van der Waals surface area contributed by atoms with Crippen molar-refractivity contribution in [3.8, 4) is 0 Å². The summed E-state index contributed by atoms with van der Waals surface area (Å²) in [6.07, 6.45) is 3.37. The zero-order valence-electron chi connectivity index (χ0n) is 14.9. The molecule has 0 saturated heterocycles. The number of fused-ring (bicyclic) bond motifs is 1. The Kier molecular flexibility index (Phi) is 5.64. The van der Waals surface area contributed by atoms with Crippen LogP contribution in [0.3, 0.4) is 0 Å². The van der Waals surface area contributed by atoms with Gasteiger partial charge >= 0.3 is 0 Å². The van der Waals surface area contributed by atoms with Crippen LogP contribution in [0.5, 0.6) is 0 Å². The number of para-hydroxylation sites is 1. The van der Waals surface area contributed by atoms with E-state index in [2.05, 4.69) is 15.0 Å². The first-order valence-corrected chi connectivity index (χ1v) is 10.8. The molecule has 0 bridgehead atoms. The van der Waals surface area contributed by atoms with Crippen LogP contribution in [0, 0.1) is 6.92 Å². The number of rotatable bonds is 7. The molecule has 2 heterocycles. The molecule has 0 N–H and O–H groups in total. The van der Waals surface area contributed by atoms with Gasteiger partial charge < -0.3 is 4.74 Å².